The van der Waals surface area contributed by atoms with Gasteiger partial charge in [-0.2, -0.15) is 13.2 Å². The van der Waals surface area contributed by atoms with E-state index < -0.39 is 18.9 Å². The molecule has 1 saturated carbocycles. The van der Waals surface area contributed by atoms with E-state index in [2.05, 4.69) is 4.98 Å². The summed E-state index contributed by atoms with van der Waals surface area (Å²) in [6, 6.07) is 15.3. The van der Waals surface area contributed by atoms with Crippen LogP contribution in [0, 0.1) is 5.92 Å². The third kappa shape index (κ3) is 4.30. The Labute approximate surface area is 188 Å². The summed E-state index contributed by atoms with van der Waals surface area (Å²) in [4.78, 5) is 19.1. The number of benzene rings is 2. The zero-order valence-corrected chi connectivity index (χ0v) is 17.5. The van der Waals surface area contributed by atoms with Crippen molar-refractivity contribution in [3.63, 3.8) is 0 Å². The van der Waals surface area contributed by atoms with E-state index in [0.717, 1.165) is 18.4 Å². The number of anilines is 1. The summed E-state index contributed by atoms with van der Waals surface area (Å²) in [6.07, 6.45) is -1.44. The topological polar surface area (TPSA) is 62.7 Å². The molecule has 170 valence electrons. The average Bonchev–Trinajstić information content (AvgIpc) is 3.60. The van der Waals surface area contributed by atoms with Gasteiger partial charge >= 0.3 is 6.18 Å². The second kappa shape index (κ2) is 8.19. The Morgan fingerprint density at radius 2 is 1.79 bits per heavy atom. The molecule has 0 spiro atoms. The van der Waals surface area contributed by atoms with Crippen LogP contribution in [0.2, 0.25) is 0 Å². The van der Waals surface area contributed by atoms with Crippen LogP contribution in [0.4, 0.5) is 18.9 Å². The lowest BCUT2D eigenvalue weighted by Gasteiger charge is -2.18. The summed E-state index contributed by atoms with van der Waals surface area (Å²) >= 11 is 0. The number of aromatic nitrogens is 1. The van der Waals surface area contributed by atoms with Gasteiger partial charge in [-0.05, 0) is 54.7 Å². The summed E-state index contributed by atoms with van der Waals surface area (Å²) < 4.78 is 43.1. The number of aliphatic hydroxyl groups is 1. The molecule has 2 aromatic carbocycles. The lowest BCUT2D eigenvalue weighted by molar-refractivity contribution is -0.153. The third-order valence-electron chi connectivity index (χ3n) is 6.00. The van der Waals surface area contributed by atoms with Gasteiger partial charge in [0, 0.05) is 28.6 Å². The van der Waals surface area contributed by atoms with Crippen LogP contribution < -0.4 is 9.64 Å². The molecule has 1 N–H and O–H groups in total. The number of amides is 1. The van der Waals surface area contributed by atoms with Gasteiger partial charge in [-0.1, -0.05) is 24.3 Å². The molecule has 1 aromatic heterocycles. The molecule has 5 nitrogen and oxygen atoms in total. The number of carbonyl (C=O) groups excluding carboxylic acids is 1. The highest BCUT2D eigenvalue weighted by Crippen LogP contribution is 2.42. The first-order valence-corrected chi connectivity index (χ1v) is 10.7. The van der Waals surface area contributed by atoms with Crippen molar-refractivity contribution in [2.75, 3.05) is 11.5 Å². The molecular formula is C25H21F3N2O3. The number of rotatable bonds is 6. The average molecular weight is 454 g/mol. The van der Waals surface area contributed by atoms with E-state index in [9.17, 15) is 23.1 Å². The molecule has 3 aromatic rings. The fraction of sp³-hybridized carbons (Fsp3) is 0.280. The van der Waals surface area contributed by atoms with E-state index >= 15 is 0 Å². The molecule has 0 bridgehead atoms. The Hall–Kier alpha value is -3.39. The summed E-state index contributed by atoms with van der Waals surface area (Å²) in [7, 11) is 0. The van der Waals surface area contributed by atoms with Gasteiger partial charge in [0.15, 0.2) is 6.61 Å². The summed E-state index contributed by atoms with van der Waals surface area (Å²) in [5, 5.41) is 10.3. The van der Waals surface area contributed by atoms with Gasteiger partial charge < -0.3 is 14.7 Å². The minimum absolute atomic E-state index is 0.0556. The Kier molecular flexibility index (Phi) is 5.32. The first kappa shape index (κ1) is 21.5. The van der Waals surface area contributed by atoms with Gasteiger partial charge in [0.2, 0.25) is 0 Å². The van der Waals surface area contributed by atoms with Crippen LogP contribution in [0.15, 0.2) is 60.8 Å². The van der Waals surface area contributed by atoms with Crippen molar-refractivity contribution >= 4 is 11.6 Å². The van der Waals surface area contributed by atoms with Gasteiger partial charge in [-0.25, -0.2) is 0 Å². The number of aliphatic hydroxyl groups excluding tert-OH is 1. The molecule has 1 amide bonds. The van der Waals surface area contributed by atoms with Crippen LogP contribution in [0.3, 0.4) is 0 Å². The van der Waals surface area contributed by atoms with E-state index in [1.165, 1.54) is 12.3 Å². The van der Waals surface area contributed by atoms with Crippen LogP contribution >= 0.6 is 0 Å². The van der Waals surface area contributed by atoms with E-state index in [4.69, 9.17) is 4.74 Å². The number of para-hydroxylation sites is 1. The van der Waals surface area contributed by atoms with Crippen molar-refractivity contribution in [3.05, 3.63) is 77.5 Å². The molecule has 2 aliphatic rings. The normalized spacial score (nSPS) is 16.6. The van der Waals surface area contributed by atoms with E-state index in [1.54, 1.807) is 41.3 Å². The molecule has 33 heavy (non-hydrogen) atoms. The molecular weight excluding hydrogens is 433 g/mol. The van der Waals surface area contributed by atoms with Gasteiger partial charge in [-0.15, -0.1) is 0 Å². The molecule has 1 aliphatic carbocycles. The number of hydrogen-bond acceptors (Lipinski definition) is 4. The minimum Gasteiger partial charge on any atom is -0.483 e. The summed E-state index contributed by atoms with van der Waals surface area (Å²) in [5.74, 6) is 0.152. The number of fused-ring (bicyclic) bond motifs is 1. The predicted molar refractivity (Wildman–Crippen MR) is 116 cm³/mol. The zero-order chi connectivity index (χ0) is 23.2. The molecule has 1 fully saturated rings. The molecule has 5 rings (SSSR count). The van der Waals surface area contributed by atoms with Crippen molar-refractivity contribution in [1.29, 1.82) is 0 Å². The predicted octanol–water partition coefficient (Wildman–Crippen LogP) is 5.29. The standard InChI is InChI=1S/C25H21F3N2O3/c26-25(27,28)14-33-21-4-2-1-3-19(21)22-20-13-30(24(32)18(20)11-12-29-22)17-9-7-16(8-10-17)23(31)15-5-6-15/h1-4,7-12,15,23,31H,5-6,13-14H2/t23-/m1/s1. The maximum atomic E-state index is 13.1. The van der Waals surface area contributed by atoms with Gasteiger partial charge in [0.25, 0.3) is 5.91 Å². The highest BCUT2D eigenvalue weighted by atomic mass is 19.4. The van der Waals surface area contributed by atoms with Crippen LogP contribution in [0.1, 0.15) is 40.4 Å². The van der Waals surface area contributed by atoms with E-state index in [0.29, 0.717) is 34.0 Å². The SMILES string of the molecule is O=C1c2ccnc(-c3ccccc3OCC(F)(F)F)c2CN1c1ccc([C@H](O)C2CC2)cc1. The van der Waals surface area contributed by atoms with Crippen molar-refractivity contribution in [1.82, 2.24) is 4.98 Å². The van der Waals surface area contributed by atoms with Crippen LogP contribution in [0.25, 0.3) is 11.3 Å². The fourth-order valence-electron chi connectivity index (χ4n) is 4.15. The first-order chi connectivity index (χ1) is 15.8. The highest BCUT2D eigenvalue weighted by molar-refractivity contribution is 6.11. The van der Waals surface area contributed by atoms with Crippen molar-refractivity contribution in [2.45, 2.75) is 31.7 Å². The smallest absolute Gasteiger partial charge is 0.422 e. The number of hydrogen-bond donors (Lipinski definition) is 1. The molecule has 0 unspecified atom stereocenters. The largest absolute Gasteiger partial charge is 0.483 e. The Morgan fingerprint density at radius 1 is 1.06 bits per heavy atom. The summed E-state index contributed by atoms with van der Waals surface area (Å²) in [6.45, 7) is -1.18. The number of carbonyl (C=O) groups is 1. The molecule has 1 atom stereocenters. The maximum absolute atomic E-state index is 13.1. The third-order valence-corrected chi connectivity index (χ3v) is 6.00. The zero-order valence-electron chi connectivity index (χ0n) is 17.5. The van der Waals surface area contributed by atoms with Crippen molar-refractivity contribution in [2.24, 2.45) is 5.92 Å². The first-order valence-electron chi connectivity index (χ1n) is 10.7. The minimum atomic E-state index is -4.47. The van der Waals surface area contributed by atoms with Crippen LogP contribution in [-0.2, 0) is 6.54 Å². The van der Waals surface area contributed by atoms with Gasteiger partial charge in [0.05, 0.1) is 18.3 Å². The van der Waals surface area contributed by atoms with Crippen LogP contribution in [-0.4, -0.2) is 28.8 Å². The number of nitrogens with zero attached hydrogens (tertiary/aromatic N) is 2. The maximum Gasteiger partial charge on any atom is 0.422 e. The van der Waals surface area contributed by atoms with Gasteiger partial charge in [-0.3, -0.25) is 9.78 Å². The van der Waals surface area contributed by atoms with Gasteiger partial charge in [0.1, 0.15) is 5.75 Å². The molecule has 0 saturated heterocycles. The van der Waals surface area contributed by atoms with Crippen molar-refractivity contribution < 1.29 is 27.8 Å². The monoisotopic (exact) mass is 454 g/mol. The van der Waals surface area contributed by atoms with E-state index in [1.807, 2.05) is 12.1 Å². The lowest BCUT2D eigenvalue weighted by Crippen LogP contribution is -2.23. The molecule has 0 radical (unpaired) electrons. The Bertz CT molecular complexity index is 1190. The van der Waals surface area contributed by atoms with E-state index in [-0.39, 0.29) is 18.2 Å². The quantitative estimate of drug-likeness (QED) is 0.550. The second-order valence-corrected chi connectivity index (χ2v) is 8.35. The Morgan fingerprint density at radius 3 is 2.48 bits per heavy atom. The second-order valence-electron chi connectivity index (χ2n) is 8.35. The molecule has 2 heterocycles. The Balaban J connectivity index is 1.44. The lowest BCUT2D eigenvalue weighted by atomic mass is 10.0. The molecule has 8 heteroatoms. The number of halogens is 3. The number of ether oxygens (including phenoxy) is 1. The number of alkyl halides is 3. The molecule has 1 aliphatic heterocycles. The number of pyridine rings is 1. The fourth-order valence-corrected chi connectivity index (χ4v) is 4.15. The van der Waals surface area contributed by atoms with Crippen LogP contribution in [0.5, 0.6) is 5.75 Å². The van der Waals surface area contributed by atoms with Crippen molar-refractivity contribution in [3.8, 4) is 17.0 Å². The highest BCUT2D eigenvalue weighted by Gasteiger charge is 2.34. The summed E-state index contributed by atoms with van der Waals surface area (Å²) in [5.41, 5.74) is 3.40.